The molecule has 0 aliphatic heterocycles. The number of rotatable bonds is 5. The lowest BCUT2D eigenvalue weighted by atomic mass is 10.3. The maximum atomic E-state index is 11.8. The van der Waals surface area contributed by atoms with E-state index in [1.165, 1.54) is 11.8 Å². The van der Waals surface area contributed by atoms with Crippen molar-refractivity contribution in [2.24, 2.45) is 7.05 Å². The van der Waals surface area contributed by atoms with Crippen molar-refractivity contribution in [3.8, 4) is 5.75 Å². The second-order valence-electron chi connectivity index (χ2n) is 3.97. The van der Waals surface area contributed by atoms with Crippen molar-refractivity contribution in [2.75, 3.05) is 23.9 Å². The van der Waals surface area contributed by atoms with Gasteiger partial charge in [0.25, 0.3) is 0 Å². The molecule has 0 bridgehead atoms. The van der Waals surface area contributed by atoms with Gasteiger partial charge < -0.3 is 15.8 Å². The molecule has 0 saturated heterocycles. The Labute approximate surface area is 120 Å². The maximum absolute atomic E-state index is 11.8. The number of carbonyl (C=O) groups is 1. The van der Waals surface area contributed by atoms with Crippen LogP contribution in [0.3, 0.4) is 0 Å². The van der Waals surface area contributed by atoms with Crippen LogP contribution >= 0.6 is 11.8 Å². The van der Waals surface area contributed by atoms with E-state index in [1.54, 1.807) is 30.9 Å². The Bertz CT molecular complexity index is 614. The second kappa shape index (κ2) is 6.29. The third-order valence-electron chi connectivity index (χ3n) is 2.55. The number of hydrogen-bond donors (Lipinski definition) is 2. The smallest absolute Gasteiger partial charge is 0.234 e. The molecule has 0 fully saturated rings. The number of aromatic nitrogens is 3. The Hall–Kier alpha value is -2.22. The number of ether oxygens (including phenoxy) is 1. The van der Waals surface area contributed by atoms with Gasteiger partial charge in [0, 0.05) is 18.8 Å². The zero-order valence-electron chi connectivity index (χ0n) is 11.2. The average molecular weight is 293 g/mol. The number of nitrogens with zero attached hydrogens (tertiary/aromatic N) is 3. The molecule has 1 heterocycles. The van der Waals surface area contributed by atoms with Crippen LogP contribution in [-0.4, -0.2) is 33.5 Å². The van der Waals surface area contributed by atoms with Crippen molar-refractivity contribution < 1.29 is 9.53 Å². The van der Waals surface area contributed by atoms with Crippen LogP contribution in [0.2, 0.25) is 0 Å². The molecule has 0 atom stereocenters. The van der Waals surface area contributed by atoms with Crippen molar-refractivity contribution in [2.45, 2.75) is 5.16 Å². The molecule has 2 aromatic rings. The monoisotopic (exact) mass is 293 g/mol. The summed E-state index contributed by atoms with van der Waals surface area (Å²) in [6.07, 6.45) is 0. The van der Waals surface area contributed by atoms with Crippen molar-refractivity contribution in [3.05, 3.63) is 24.3 Å². The van der Waals surface area contributed by atoms with Crippen molar-refractivity contribution >= 4 is 29.3 Å². The Morgan fingerprint density at radius 3 is 2.95 bits per heavy atom. The van der Waals surface area contributed by atoms with Crippen LogP contribution in [0.5, 0.6) is 5.75 Å². The Morgan fingerprint density at radius 1 is 1.50 bits per heavy atom. The molecule has 0 unspecified atom stereocenters. The number of amides is 1. The summed E-state index contributed by atoms with van der Waals surface area (Å²) in [5, 5.41) is 11.0. The highest BCUT2D eigenvalue weighted by Gasteiger charge is 2.09. The summed E-state index contributed by atoms with van der Waals surface area (Å²) in [6, 6.07) is 7.17. The molecular formula is C12H15N5O2S. The number of thioether (sulfide) groups is 1. The van der Waals surface area contributed by atoms with Gasteiger partial charge in [0.05, 0.1) is 12.9 Å². The summed E-state index contributed by atoms with van der Waals surface area (Å²) >= 11 is 1.27. The number of methoxy groups -OCH3 is 1. The largest absolute Gasteiger partial charge is 0.497 e. The van der Waals surface area contributed by atoms with Crippen LogP contribution in [0.15, 0.2) is 29.4 Å². The normalized spacial score (nSPS) is 10.3. The number of carbonyl (C=O) groups excluding carboxylic acids is 1. The van der Waals surface area contributed by atoms with Gasteiger partial charge in [-0.3, -0.25) is 9.36 Å². The van der Waals surface area contributed by atoms with E-state index in [1.807, 2.05) is 12.1 Å². The minimum absolute atomic E-state index is 0.134. The van der Waals surface area contributed by atoms with Crippen LogP contribution in [0, 0.1) is 0 Å². The van der Waals surface area contributed by atoms with E-state index in [9.17, 15) is 4.79 Å². The van der Waals surface area contributed by atoms with Crippen molar-refractivity contribution in [3.63, 3.8) is 0 Å². The van der Waals surface area contributed by atoms with Gasteiger partial charge in [-0.1, -0.05) is 17.8 Å². The SMILES string of the molecule is COc1cccc(NC(=O)CSc2nnc(N)n2C)c1. The van der Waals surface area contributed by atoms with Gasteiger partial charge in [-0.25, -0.2) is 0 Å². The quantitative estimate of drug-likeness (QED) is 0.803. The zero-order chi connectivity index (χ0) is 14.5. The van der Waals surface area contributed by atoms with Gasteiger partial charge in [0.15, 0.2) is 5.16 Å². The Morgan fingerprint density at radius 2 is 2.30 bits per heavy atom. The molecule has 0 spiro atoms. The van der Waals surface area contributed by atoms with Crippen molar-refractivity contribution in [1.29, 1.82) is 0 Å². The molecule has 1 aromatic heterocycles. The molecule has 106 valence electrons. The summed E-state index contributed by atoms with van der Waals surface area (Å²) in [5.74, 6) is 1.10. The topological polar surface area (TPSA) is 95.1 Å². The van der Waals surface area contributed by atoms with Gasteiger partial charge >= 0.3 is 0 Å². The van der Waals surface area contributed by atoms with E-state index in [-0.39, 0.29) is 11.7 Å². The fraction of sp³-hybridized carbons (Fsp3) is 0.250. The van der Waals surface area contributed by atoms with Crippen LogP contribution in [0.25, 0.3) is 0 Å². The van der Waals surface area contributed by atoms with E-state index in [0.717, 1.165) is 0 Å². The lowest BCUT2D eigenvalue weighted by Gasteiger charge is -2.06. The molecule has 1 aromatic carbocycles. The Kier molecular flexibility index (Phi) is 4.46. The van der Waals surface area contributed by atoms with Gasteiger partial charge in [-0.05, 0) is 12.1 Å². The predicted molar refractivity (Wildman–Crippen MR) is 77.8 cm³/mol. The van der Waals surface area contributed by atoms with Crippen LogP contribution in [-0.2, 0) is 11.8 Å². The van der Waals surface area contributed by atoms with Gasteiger partial charge in [0.2, 0.25) is 11.9 Å². The summed E-state index contributed by atoms with van der Waals surface area (Å²) < 4.78 is 6.72. The van der Waals surface area contributed by atoms with Crippen LogP contribution in [0.4, 0.5) is 11.6 Å². The highest BCUT2D eigenvalue weighted by molar-refractivity contribution is 7.99. The van der Waals surface area contributed by atoms with E-state index in [4.69, 9.17) is 10.5 Å². The first-order chi connectivity index (χ1) is 9.60. The van der Waals surface area contributed by atoms with Gasteiger partial charge in [0.1, 0.15) is 5.75 Å². The number of hydrogen-bond acceptors (Lipinski definition) is 6. The molecule has 0 radical (unpaired) electrons. The summed E-state index contributed by atoms with van der Waals surface area (Å²) in [4.78, 5) is 11.8. The third kappa shape index (κ3) is 3.41. The van der Waals surface area contributed by atoms with Crippen molar-refractivity contribution in [1.82, 2.24) is 14.8 Å². The number of benzene rings is 1. The molecule has 7 nitrogen and oxygen atoms in total. The second-order valence-corrected chi connectivity index (χ2v) is 4.91. The van der Waals surface area contributed by atoms with Crippen LogP contribution < -0.4 is 15.8 Å². The van der Waals surface area contributed by atoms with E-state index < -0.39 is 0 Å². The molecule has 0 aliphatic rings. The Balaban J connectivity index is 1.90. The molecule has 0 saturated carbocycles. The van der Waals surface area contributed by atoms with Gasteiger partial charge in [-0.2, -0.15) is 0 Å². The summed E-state index contributed by atoms with van der Waals surface area (Å²) in [6.45, 7) is 0. The molecule has 3 N–H and O–H groups in total. The minimum Gasteiger partial charge on any atom is -0.497 e. The maximum Gasteiger partial charge on any atom is 0.234 e. The minimum atomic E-state index is -0.134. The highest BCUT2D eigenvalue weighted by atomic mass is 32.2. The standard InChI is InChI=1S/C12H15N5O2S/c1-17-11(13)15-16-12(17)20-7-10(18)14-8-4-3-5-9(6-8)19-2/h3-6H,7H2,1-2H3,(H2,13,15)(H,14,18). The molecule has 8 heteroatoms. The molecule has 2 rings (SSSR count). The average Bonchev–Trinajstić information content (AvgIpc) is 2.77. The molecular weight excluding hydrogens is 278 g/mol. The number of nitrogens with one attached hydrogen (secondary N) is 1. The number of nitrogens with two attached hydrogens (primary N) is 1. The first kappa shape index (κ1) is 14.2. The highest BCUT2D eigenvalue weighted by Crippen LogP contribution is 2.19. The molecule has 1 amide bonds. The molecule has 20 heavy (non-hydrogen) atoms. The lowest BCUT2D eigenvalue weighted by molar-refractivity contribution is -0.113. The van der Waals surface area contributed by atoms with E-state index in [0.29, 0.717) is 22.5 Å². The first-order valence-electron chi connectivity index (χ1n) is 5.81. The van der Waals surface area contributed by atoms with E-state index >= 15 is 0 Å². The zero-order valence-corrected chi connectivity index (χ0v) is 12.0. The fourth-order valence-corrected chi connectivity index (χ4v) is 2.20. The summed E-state index contributed by atoms with van der Waals surface area (Å²) in [7, 11) is 3.33. The number of nitrogen functional groups attached to an aromatic ring is 1. The third-order valence-corrected chi connectivity index (χ3v) is 3.57. The summed E-state index contributed by atoms with van der Waals surface area (Å²) in [5.41, 5.74) is 6.25. The van der Waals surface area contributed by atoms with Gasteiger partial charge in [-0.15, -0.1) is 10.2 Å². The number of anilines is 2. The first-order valence-corrected chi connectivity index (χ1v) is 6.80. The van der Waals surface area contributed by atoms with Crippen LogP contribution in [0.1, 0.15) is 0 Å². The predicted octanol–water partition coefficient (Wildman–Crippen LogP) is 1.14. The van der Waals surface area contributed by atoms with E-state index in [2.05, 4.69) is 15.5 Å². The fourth-order valence-electron chi connectivity index (χ4n) is 1.48. The molecule has 0 aliphatic carbocycles. The lowest BCUT2D eigenvalue weighted by Crippen LogP contribution is -2.14.